The van der Waals surface area contributed by atoms with Crippen LogP contribution in [0.5, 0.6) is 0 Å². The summed E-state index contributed by atoms with van der Waals surface area (Å²) in [5, 5.41) is 3.14. The second-order valence-electron chi connectivity index (χ2n) is 9.89. The highest BCUT2D eigenvalue weighted by molar-refractivity contribution is 7.92. The number of nitrogens with zero attached hydrogens (tertiary/aromatic N) is 5. The topological polar surface area (TPSA) is 118 Å². The number of hydrogen-bond donors (Lipinski definition) is 2. The number of nitrogen functional groups attached to an aromatic ring is 1. The zero-order valence-corrected chi connectivity index (χ0v) is 23.5. The number of aryl methyl sites for hydroxylation is 1. The lowest BCUT2D eigenvalue weighted by Gasteiger charge is -2.22. The maximum absolute atomic E-state index is 15.5. The molecule has 1 fully saturated rings. The van der Waals surface area contributed by atoms with E-state index in [9.17, 15) is 22.2 Å². The van der Waals surface area contributed by atoms with Crippen LogP contribution in [0.2, 0.25) is 0 Å². The van der Waals surface area contributed by atoms with Crippen LogP contribution >= 0.6 is 0 Å². The highest BCUT2D eigenvalue weighted by atomic mass is 32.2. The molecule has 0 saturated carbocycles. The molecule has 1 atom stereocenters. The Labute approximate surface area is 239 Å². The summed E-state index contributed by atoms with van der Waals surface area (Å²) in [5.41, 5.74) is 3.62. The summed E-state index contributed by atoms with van der Waals surface area (Å²) in [7, 11) is -3.17. The first kappa shape index (κ1) is 29.2. The van der Waals surface area contributed by atoms with Gasteiger partial charge in [-0.15, -0.1) is 0 Å². The minimum Gasteiger partial charge on any atom is -0.383 e. The molecular formula is C28H27F4N7O2S. The first-order valence-electron chi connectivity index (χ1n) is 12.9. The number of carbonyl (C=O) groups is 1. The van der Waals surface area contributed by atoms with Crippen molar-refractivity contribution < 1.29 is 26.6 Å². The highest BCUT2D eigenvalue weighted by Gasteiger charge is 2.48. The predicted octanol–water partition coefficient (Wildman–Crippen LogP) is 6.17. The van der Waals surface area contributed by atoms with Crippen molar-refractivity contribution in [1.82, 2.24) is 18.8 Å². The average molecular weight is 602 g/mol. The number of halogens is 4. The summed E-state index contributed by atoms with van der Waals surface area (Å²) in [4.78, 5) is 20.4. The minimum atomic E-state index is -5.17. The van der Waals surface area contributed by atoms with Crippen molar-refractivity contribution in [2.24, 2.45) is 11.4 Å². The lowest BCUT2D eigenvalue weighted by Crippen LogP contribution is -2.38. The second kappa shape index (κ2) is 10.8. The molecule has 42 heavy (non-hydrogen) atoms. The van der Waals surface area contributed by atoms with Crippen LogP contribution < -0.4 is 11.1 Å². The number of aromatic nitrogens is 3. The lowest BCUT2D eigenvalue weighted by molar-refractivity contribution is -0.112. The van der Waals surface area contributed by atoms with E-state index in [4.69, 9.17) is 5.73 Å². The average Bonchev–Trinajstić information content (AvgIpc) is 3.58. The Hall–Kier alpha value is -4.30. The van der Waals surface area contributed by atoms with Crippen molar-refractivity contribution in [2.75, 3.05) is 24.1 Å². The van der Waals surface area contributed by atoms with E-state index in [1.54, 1.807) is 42.8 Å². The fourth-order valence-electron chi connectivity index (χ4n) is 4.91. The Bertz CT molecular complexity index is 1840. The third kappa shape index (κ3) is 5.11. The molecule has 2 aromatic heterocycles. The molecule has 14 heteroatoms. The first-order chi connectivity index (χ1) is 19.8. The number of alkyl halides is 3. The minimum absolute atomic E-state index is 0.0458. The van der Waals surface area contributed by atoms with Crippen LogP contribution in [-0.2, 0) is 21.8 Å². The normalized spacial score (nSPS) is 15.5. The van der Waals surface area contributed by atoms with Crippen molar-refractivity contribution in [1.29, 1.82) is 0 Å². The van der Waals surface area contributed by atoms with Gasteiger partial charge < -0.3 is 15.6 Å². The monoisotopic (exact) mass is 601 g/mol. The number of anilines is 2. The Morgan fingerprint density at radius 1 is 1.10 bits per heavy atom. The predicted molar refractivity (Wildman–Crippen MR) is 154 cm³/mol. The lowest BCUT2D eigenvalue weighted by atomic mass is 9.98. The van der Waals surface area contributed by atoms with Crippen molar-refractivity contribution >= 4 is 44.0 Å². The summed E-state index contributed by atoms with van der Waals surface area (Å²) < 4.78 is 76.3. The Balaban J connectivity index is 1.66. The summed E-state index contributed by atoms with van der Waals surface area (Å²) in [6, 6.07) is 10.3. The van der Waals surface area contributed by atoms with Gasteiger partial charge in [-0.05, 0) is 55.2 Å². The van der Waals surface area contributed by atoms with E-state index in [-0.39, 0.29) is 30.4 Å². The zero-order valence-electron chi connectivity index (χ0n) is 22.7. The summed E-state index contributed by atoms with van der Waals surface area (Å²) in [5.74, 6) is -1.30. The molecule has 4 aromatic rings. The molecule has 1 unspecified atom stereocenters. The Morgan fingerprint density at radius 2 is 1.74 bits per heavy atom. The van der Waals surface area contributed by atoms with Crippen molar-refractivity contribution in [3.05, 3.63) is 66.8 Å². The van der Waals surface area contributed by atoms with Gasteiger partial charge in [0.2, 0.25) is 9.92 Å². The number of benzene rings is 2. The third-order valence-corrected chi connectivity index (χ3v) is 9.09. The van der Waals surface area contributed by atoms with Gasteiger partial charge in [-0.2, -0.15) is 17.5 Å². The first-order valence-corrected chi connectivity index (χ1v) is 14.3. The molecular weight excluding hydrogens is 574 g/mol. The SMILES string of the molecule is C=C(C)C(=O)Nc1ccc(-c2c(-c3ccc(N=S(=O)(N4CCCC4)C(F)(F)F)c(F)c3)c3c(N)ncnc3n2C)cc1. The number of nitrogens with one attached hydrogen (secondary N) is 1. The van der Waals surface area contributed by atoms with E-state index >= 15 is 4.39 Å². The maximum Gasteiger partial charge on any atom is 0.493 e. The molecule has 1 amide bonds. The van der Waals surface area contributed by atoms with Gasteiger partial charge in [0, 0.05) is 37.0 Å². The van der Waals surface area contributed by atoms with Gasteiger partial charge in [-0.25, -0.2) is 22.9 Å². The van der Waals surface area contributed by atoms with Crippen LogP contribution in [0.1, 0.15) is 19.8 Å². The summed E-state index contributed by atoms with van der Waals surface area (Å²) >= 11 is 0. The molecule has 220 valence electrons. The quantitative estimate of drug-likeness (QED) is 0.203. The van der Waals surface area contributed by atoms with Crippen LogP contribution in [-0.4, -0.2) is 47.6 Å². The fraction of sp³-hybridized carbons (Fsp3) is 0.250. The van der Waals surface area contributed by atoms with Gasteiger partial charge in [-0.3, -0.25) is 4.79 Å². The van der Waals surface area contributed by atoms with E-state index in [0.29, 0.717) is 52.0 Å². The second-order valence-corrected chi connectivity index (χ2v) is 12.0. The summed E-state index contributed by atoms with van der Waals surface area (Å²) in [6.07, 6.45) is 2.17. The van der Waals surface area contributed by atoms with E-state index in [0.717, 1.165) is 16.4 Å². The van der Waals surface area contributed by atoms with Crippen LogP contribution in [0.25, 0.3) is 33.4 Å². The van der Waals surface area contributed by atoms with Crippen molar-refractivity contribution in [3.63, 3.8) is 0 Å². The van der Waals surface area contributed by atoms with Crippen molar-refractivity contribution in [2.45, 2.75) is 25.3 Å². The largest absolute Gasteiger partial charge is 0.493 e. The molecule has 0 spiro atoms. The molecule has 9 nitrogen and oxygen atoms in total. The number of nitrogens with two attached hydrogens (primary N) is 1. The Morgan fingerprint density at radius 3 is 2.33 bits per heavy atom. The van der Waals surface area contributed by atoms with Gasteiger partial charge in [0.05, 0.1) is 11.1 Å². The van der Waals surface area contributed by atoms with Crippen molar-refractivity contribution in [3.8, 4) is 22.4 Å². The van der Waals surface area contributed by atoms with Gasteiger partial charge in [0.1, 0.15) is 29.3 Å². The van der Waals surface area contributed by atoms with E-state index in [1.165, 1.54) is 12.4 Å². The highest BCUT2D eigenvalue weighted by Crippen LogP contribution is 2.43. The number of fused-ring (bicyclic) bond motifs is 1. The molecule has 0 bridgehead atoms. The molecule has 5 rings (SSSR count). The van der Waals surface area contributed by atoms with Crippen LogP contribution in [0.15, 0.2) is 65.3 Å². The standard InChI is InChI=1S/C28H27F4N7O2S/c1-16(2)27(40)36-19-9-6-17(7-10-19)24-22(23-25(33)34-15-35-26(23)38(24)3)18-8-11-21(20(29)14-18)37-42(41,28(30,31)32)39-12-4-5-13-39/h6-11,14-15H,1,4-5,12-13H2,2-3H3,(H,36,40)(H2,33,34,35). The molecule has 0 aliphatic carbocycles. The van der Waals surface area contributed by atoms with Crippen LogP contribution in [0.3, 0.4) is 0 Å². The van der Waals surface area contributed by atoms with Gasteiger partial charge >= 0.3 is 5.51 Å². The van der Waals surface area contributed by atoms with Gasteiger partial charge in [-0.1, -0.05) is 24.8 Å². The molecule has 1 saturated heterocycles. The van der Waals surface area contributed by atoms with Gasteiger partial charge in [0.25, 0.3) is 5.91 Å². The molecule has 1 aliphatic rings. The smallest absolute Gasteiger partial charge is 0.383 e. The Kier molecular flexibility index (Phi) is 7.53. The molecule has 0 radical (unpaired) electrons. The van der Waals surface area contributed by atoms with E-state index in [1.807, 2.05) is 0 Å². The number of rotatable bonds is 6. The van der Waals surface area contributed by atoms with E-state index in [2.05, 4.69) is 26.2 Å². The molecule has 3 N–H and O–H groups in total. The summed E-state index contributed by atoms with van der Waals surface area (Å²) in [6.45, 7) is 5.11. The molecule has 2 aromatic carbocycles. The number of hydrogen-bond acceptors (Lipinski definition) is 6. The van der Waals surface area contributed by atoms with Crippen LogP contribution in [0.4, 0.5) is 34.8 Å². The number of amides is 1. The fourth-order valence-corrected chi connectivity index (χ4v) is 6.58. The zero-order chi connectivity index (χ0) is 30.4. The third-order valence-electron chi connectivity index (χ3n) is 6.98. The molecule has 3 heterocycles. The maximum atomic E-state index is 15.5. The van der Waals surface area contributed by atoms with Gasteiger partial charge in [0.15, 0.2) is 0 Å². The van der Waals surface area contributed by atoms with E-state index < -0.39 is 26.9 Å². The number of carbonyl (C=O) groups excluding carboxylic acids is 1. The molecule has 1 aliphatic heterocycles. The van der Waals surface area contributed by atoms with Crippen LogP contribution in [0, 0.1) is 5.82 Å².